The van der Waals surface area contributed by atoms with Gasteiger partial charge in [0.1, 0.15) is 5.75 Å². The first kappa shape index (κ1) is 20.0. The Labute approximate surface area is 176 Å². The fourth-order valence-electron chi connectivity index (χ4n) is 4.11. The van der Waals surface area contributed by atoms with Crippen LogP contribution in [0.3, 0.4) is 0 Å². The number of para-hydroxylation sites is 1. The smallest absolute Gasteiger partial charge is 0.253 e. The van der Waals surface area contributed by atoms with Gasteiger partial charge in [-0.15, -0.1) is 0 Å². The number of rotatable bonds is 6. The molecule has 1 aromatic heterocycles. The lowest BCUT2D eigenvalue weighted by molar-refractivity contribution is -0.126. The number of carbonyl (C=O) groups is 2. The van der Waals surface area contributed by atoms with Gasteiger partial charge in [0, 0.05) is 36.9 Å². The van der Waals surface area contributed by atoms with Crippen molar-refractivity contribution in [3.05, 3.63) is 65.9 Å². The summed E-state index contributed by atoms with van der Waals surface area (Å²) in [6.07, 6.45) is 4.22. The average Bonchev–Trinajstić information content (AvgIpc) is 3.27. The number of hydrogen-bond donors (Lipinski definition) is 2. The second-order valence-electron chi connectivity index (χ2n) is 7.72. The highest BCUT2D eigenvalue weighted by Gasteiger charge is 2.28. The van der Waals surface area contributed by atoms with Gasteiger partial charge >= 0.3 is 0 Å². The van der Waals surface area contributed by atoms with Crippen LogP contribution in [0.5, 0.6) is 5.75 Å². The maximum Gasteiger partial charge on any atom is 0.253 e. The van der Waals surface area contributed by atoms with E-state index in [1.54, 1.807) is 12.0 Å². The molecule has 0 aliphatic carbocycles. The average molecular weight is 405 g/mol. The van der Waals surface area contributed by atoms with Crippen LogP contribution >= 0.6 is 0 Å². The number of fused-ring (bicyclic) bond motifs is 1. The number of hydrogen-bond acceptors (Lipinski definition) is 3. The number of carbonyl (C=O) groups excluding carboxylic acids is 2. The molecule has 2 heterocycles. The van der Waals surface area contributed by atoms with Crippen LogP contribution in [0, 0.1) is 5.92 Å². The van der Waals surface area contributed by atoms with Crippen molar-refractivity contribution in [1.82, 2.24) is 15.2 Å². The van der Waals surface area contributed by atoms with Gasteiger partial charge in [0.05, 0.1) is 13.0 Å². The Bertz CT molecular complexity index is 1040. The molecule has 1 aliphatic heterocycles. The molecule has 6 heteroatoms. The fourth-order valence-corrected chi connectivity index (χ4v) is 4.11. The van der Waals surface area contributed by atoms with Gasteiger partial charge in [0.25, 0.3) is 5.91 Å². The molecule has 4 rings (SSSR count). The van der Waals surface area contributed by atoms with Crippen LogP contribution in [0.25, 0.3) is 10.9 Å². The van der Waals surface area contributed by atoms with Gasteiger partial charge in [-0.25, -0.2) is 0 Å². The van der Waals surface area contributed by atoms with Gasteiger partial charge in [-0.3, -0.25) is 9.59 Å². The second-order valence-corrected chi connectivity index (χ2v) is 7.72. The Hall–Kier alpha value is -3.28. The van der Waals surface area contributed by atoms with E-state index in [9.17, 15) is 9.59 Å². The van der Waals surface area contributed by atoms with Crippen molar-refractivity contribution in [1.29, 1.82) is 0 Å². The SMILES string of the molecule is COc1ccccc1CCNC(=O)[C@H]1CCCN(C(=O)c2ccc3cc[nH]c3c2)C1. The molecule has 0 radical (unpaired) electrons. The van der Waals surface area contributed by atoms with Crippen LogP contribution in [0.1, 0.15) is 28.8 Å². The normalized spacial score (nSPS) is 16.4. The molecule has 2 aromatic carbocycles. The number of likely N-dealkylation sites (tertiary alicyclic amines) is 1. The van der Waals surface area contributed by atoms with Crippen molar-refractivity contribution in [2.24, 2.45) is 5.92 Å². The topological polar surface area (TPSA) is 74.4 Å². The van der Waals surface area contributed by atoms with E-state index in [1.807, 2.05) is 54.7 Å². The highest BCUT2D eigenvalue weighted by Crippen LogP contribution is 2.21. The Morgan fingerprint density at radius 2 is 2.07 bits per heavy atom. The Morgan fingerprint density at radius 3 is 2.93 bits per heavy atom. The summed E-state index contributed by atoms with van der Waals surface area (Å²) in [4.78, 5) is 30.6. The van der Waals surface area contributed by atoms with Gasteiger partial charge in [0.2, 0.25) is 5.91 Å². The van der Waals surface area contributed by atoms with E-state index < -0.39 is 0 Å². The minimum Gasteiger partial charge on any atom is -0.496 e. The molecule has 1 fully saturated rings. The van der Waals surface area contributed by atoms with Crippen LogP contribution in [-0.2, 0) is 11.2 Å². The van der Waals surface area contributed by atoms with Gasteiger partial charge in [-0.05, 0) is 54.5 Å². The summed E-state index contributed by atoms with van der Waals surface area (Å²) in [5.41, 5.74) is 2.67. The van der Waals surface area contributed by atoms with Crippen molar-refractivity contribution in [2.75, 3.05) is 26.7 Å². The number of aromatic nitrogens is 1. The van der Waals surface area contributed by atoms with E-state index in [2.05, 4.69) is 10.3 Å². The standard InChI is InChI=1S/C24H27N3O3/c1-30-22-7-3-2-5-18(22)11-13-26-23(28)20-6-4-14-27(16-20)24(29)19-9-8-17-10-12-25-21(17)15-19/h2-3,5,7-10,12,15,20,25H,4,6,11,13-14,16H2,1H3,(H,26,28)/t20-/m0/s1. The van der Waals surface area contributed by atoms with Crippen molar-refractivity contribution >= 4 is 22.7 Å². The highest BCUT2D eigenvalue weighted by molar-refractivity contribution is 5.98. The molecule has 3 aromatic rings. The molecule has 156 valence electrons. The van der Waals surface area contributed by atoms with Gasteiger partial charge in [-0.1, -0.05) is 24.3 Å². The zero-order chi connectivity index (χ0) is 20.9. The fraction of sp³-hybridized carbons (Fsp3) is 0.333. The molecule has 2 amide bonds. The number of aromatic amines is 1. The summed E-state index contributed by atoms with van der Waals surface area (Å²) in [6.45, 7) is 1.70. The van der Waals surface area contributed by atoms with E-state index in [0.29, 0.717) is 31.6 Å². The molecule has 0 spiro atoms. The van der Waals surface area contributed by atoms with E-state index >= 15 is 0 Å². The van der Waals surface area contributed by atoms with E-state index in [4.69, 9.17) is 4.74 Å². The predicted molar refractivity (Wildman–Crippen MR) is 117 cm³/mol. The minimum absolute atomic E-state index is 0.0157. The number of ether oxygens (including phenoxy) is 1. The molecular weight excluding hydrogens is 378 g/mol. The summed E-state index contributed by atoms with van der Waals surface area (Å²) in [6, 6.07) is 15.5. The molecule has 2 N–H and O–H groups in total. The van der Waals surface area contributed by atoms with Crippen LogP contribution in [0.2, 0.25) is 0 Å². The lowest BCUT2D eigenvalue weighted by Gasteiger charge is -2.32. The molecule has 0 saturated carbocycles. The second kappa shape index (κ2) is 9.03. The maximum atomic E-state index is 13.0. The lowest BCUT2D eigenvalue weighted by atomic mass is 9.96. The number of piperidine rings is 1. The summed E-state index contributed by atoms with van der Waals surface area (Å²) >= 11 is 0. The molecule has 6 nitrogen and oxygen atoms in total. The summed E-state index contributed by atoms with van der Waals surface area (Å²) in [5.74, 6) is 0.662. The Kier molecular flexibility index (Phi) is 6.02. The van der Waals surface area contributed by atoms with Crippen molar-refractivity contribution in [3.63, 3.8) is 0 Å². The summed E-state index contributed by atoms with van der Waals surface area (Å²) in [7, 11) is 1.65. The largest absolute Gasteiger partial charge is 0.496 e. The summed E-state index contributed by atoms with van der Waals surface area (Å²) < 4.78 is 5.36. The van der Waals surface area contributed by atoms with Crippen LogP contribution in [0.4, 0.5) is 0 Å². The van der Waals surface area contributed by atoms with Crippen LogP contribution in [-0.4, -0.2) is 48.4 Å². The van der Waals surface area contributed by atoms with Gasteiger partial charge < -0.3 is 19.9 Å². The van der Waals surface area contributed by atoms with Crippen LogP contribution < -0.4 is 10.1 Å². The zero-order valence-corrected chi connectivity index (χ0v) is 17.2. The molecule has 1 aliphatic rings. The third kappa shape index (κ3) is 4.32. The Morgan fingerprint density at radius 1 is 1.20 bits per heavy atom. The molecule has 1 atom stereocenters. The number of benzene rings is 2. The molecule has 1 saturated heterocycles. The summed E-state index contributed by atoms with van der Waals surface area (Å²) in [5, 5.41) is 4.12. The molecule has 0 bridgehead atoms. The quantitative estimate of drug-likeness (QED) is 0.660. The maximum absolute atomic E-state index is 13.0. The molecule has 0 unspecified atom stereocenters. The number of nitrogens with one attached hydrogen (secondary N) is 2. The first-order valence-electron chi connectivity index (χ1n) is 10.4. The number of nitrogens with zero attached hydrogens (tertiary/aromatic N) is 1. The van der Waals surface area contributed by atoms with Crippen molar-refractivity contribution in [2.45, 2.75) is 19.3 Å². The minimum atomic E-state index is -0.172. The number of H-pyrrole nitrogens is 1. The predicted octanol–water partition coefficient (Wildman–Crippen LogP) is 3.39. The Balaban J connectivity index is 1.33. The van der Waals surface area contributed by atoms with Crippen molar-refractivity contribution in [3.8, 4) is 5.75 Å². The monoisotopic (exact) mass is 405 g/mol. The number of amides is 2. The lowest BCUT2D eigenvalue weighted by Crippen LogP contribution is -2.45. The first-order chi connectivity index (χ1) is 14.7. The third-order valence-corrected chi connectivity index (χ3v) is 5.77. The van der Waals surface area contributed by atoms with E-state index in [-0.39, 0.29) is 17.7 Å². The number of methoxy groups -OCH3 is 1. The zero-order valence-electron chi connectivity index (χ0n) is 17.2. The van der Waals surface area contributed by atoms with Gasteiger partial charge in [0.15, 0.2) is 0 Å². The highest BCUT2D eigenvalue weighted by atomic mass is 16.5. The van der Waals surface area contributed by atoms with Crippen LogP contribution in [0.15, 0.2) is 54.7 Å². The van der Waals surface area contributed by atoms with E-state index in [0.717, 1.165) is 35.1 Å². The van der Waals surface area contributed by atoms with E-state index in [1.165, 1.54) is 0 Å². The van der Waals surface area contributed by atoms with Gasteiger partial charge in [-0.2, -0.15) is 0 Å². The first-order valence-corrected chi connectivity index (χ1v) is 10.4. The molecular formula is C24H27N3O3. The third-order valence-electron chi connectivity index (χ3n) is 5.77. The van der Waals surface area contributed by atoms with Crippen molar-refractivity contribution < 1.29 is 14.3 Å². The molecule has 30 heavy (non-hydrogen) atoms.